The highest BCUT2D eigenvalue weighted by atomic mass is 16.6. The van der Waals surface area contributed by atoms with Crippen molar-refractivity contribution in [1.82, 2.24) is 5.32 Å². The molecule has 2 rings (SSSR count). The van der Waals surface area contributed by atoms with E-state index >= 15 is 0 Å². The number of nitrogens with zero attached hydrogens (tertiary/aromatic N) is 1. The molecule has 0 spiro atoms. The standard InChI is InChI=1S/C20H22N2O5/c1-14(19(23)21-13-17-6-4-5-7-18(17)25-2)27-22-12-15-8-10-16(11-9-15)20(24)26-3/h4-12,14H,13H2,1-3H3,(H,21,23)/b22-12+. The van der Waals surface area contributed by atoms with E-state index in [2.05, 4.69) is 15.2 Å². The van der Waals surface area contributed by atoms with Crippen LogP contribution in [0.2, 0.25) is 0 Å². The summed E-state index contributed by atoms with van der Waals surface area (Å²) in [5, 5.41) is 6.60. The lowest BCUT2D eigenvalue weighted by Crippen LogP contribution is -2.33. The minimum Gasteiger partial charge on any atom is -0.496 e. The number of esters is 1. The van der Waals surface area contributed by atoms with Crippen molar-refractivity contribution in [1.29, 1.82) is 0 Å². The van der Waals surface area contributed by atoms with Gasteiger partial charge in [-0.2, -0.15) is 0 Å². The maximum atomic E-state index is 12.1. The SMILES string of the molecule is COC(=O)c1ccc(/C=N/OC(C)C(=O)NCc2ccccc2OC)cc1. The molecule has 1 N–H and O–H groups in total. The molecule has 2 aromatic rings. The zero-order valence-electron chi connectivity index (χ0n) is 15.5. The van der Waals surface area contributed by atoms with Crippen molar-refractivity contribution in [2.24, 2.45) is 5.16 Å². The van der Waals surface area contributed by atoms with E-state index in [0.29, 0.717) is 17.9 Å². The Morgan fingerprint density at radius 2 is 1.81 bits per heavy atom. The molecule has 0 aliphatic carbocycles. The first kappa shape index (κ1) is 20.0. The van der Waals surface area contributed by atoms with Crippen LogP contribution >= 0.6 is 0 Å². The Kier molecular flexibility index (Phi) is 7.37. The summed E-state index contributed by atoms with van der Waals surface area (Å²) in [6.07, 6.45) is 0.704. The number of hydrogen-bond acceptors (Lipinski definition) is 6. The van der Waals surface area contributed by atoms with Crippen LogP contribution in [-0.4, -0.2) is 38.4 Å². The molecule has 0 saturated heterocycles. The second-order valence-corrected chi connectivity index (χ2v) is 5.63. The second-order valence-electron chi connectivity index (χ2n) is 5.63. The fourth-order valence-electron chi connectivity index (χ4n) is 2.23. The summed E-state index contributed by atoms with van der Waals surface area (Å²) in [6.45, 7) is 1.94. The zero-order chi connectivity index (χ0) is 19.6. The van der Waals surface area contributed by atoms with Gasteiger partial charge in [0, 0.05) is 12.1 Å². The van der Waals surface area contributed by atoms with Crippen LogP contribution in [0.15, 0.2) is 53.7 Å². The molecular formula is C20H22N2O5. The first-order valence-corrected chi connectivity index (χ1v) is 8.32. The van der Waals surface area contributed by atoms with Crippen molar-refractivity contribution in [2.45, 2.75) is 19.6 Å². The van der Waals surface area contributed by atoms with Crippen LogP contribution in [0.25, 0.3) is 0 Å². The largest absolute Gasteiger partial charge is 0.496 e. The van der Waals surface area contributed by atoms with Crippen molar-refractivity contribution < 1.29 is 23.9 Å². The van der Waals surface area contributed by atoms with E-state index in [9.17, 15) is 9.59 Å². The average molecular weight is 370 g/mol. The van der Waals surface area contributed by atoms with E-state index in [-0.39, 0.29) is 5.91 Å². The number of amides is 1. The van der Waals surface area contributed by atoms with Gasteiger partial charge >= 0.3 is 5.97 Å². The third-order valence-corrected chi connectivity index (χ3v) is 3.77. The Labute approximate surface area is 157 Å². The third-order valence-electron chi connectivity index (χ3n) is 3.77. The maximum absolute atomic E-state index is 12.1. The lowest BCUT2D eigenvalue weighted by molar-refractivity contribution is -0.131. The molecule has 1 atom stereocenters. The van der Waals surface area contributed by atoms with Crippen molar-refractivity contribution >= 4 is 18.1 Å². The number of hydrogen-bond donors (Lipinski definition) is 1. The number of ether oxygens (including phenoxy) is 2. The molecule has 0 aliphatic rings. The predicted octanol–water partition coefficient (Wildman–Crippen LogP) is 2.54. The van der Waals surface area contributed by atoms with Crippen molar-refractivity contribution in [3.8, 4) is 5.75 Å². The molecular weight excluding hydrogens is 348 g/mol. The molecule has 1 unspecified atom stereocenters. The van der Waals surface area contributed by atoms with Crippen molar-refractivity contribution in [3.63, 3.8) is 0 Å². The van der Waals surface area contributed by atoms with E-state index in [1.807, 2.05) is 24.3 Å². The van der Waals surface area contributed by atoms with Crippen LogP contribution < -0.4 is 10.1 Å². The van der Waals surface area contributed by atoms with Crippen molar-refractivity contribution in [2.75, 3.05) is 14.2 Å². The summed E-state index contributed by atoms with van der Waals surface area (Å²) in [7, 11) is 2.91. The lowest BCUT2D eigenvalue weighted by Gasteiger charge is -2.12. The van der Waals surface area contributed by atoms with Crippen LogP contribution in [-0.2, 0) is 20.9 Å². The second kappa shape index (κ2) is 9.96. The maximum Gasteiger partial charge on any atom is 0.337 e. The Balaban J connectivity index is 1.83. The Morgan fingerprint density at radius 3 is 2.48 bits per heavy atom. The Bertz CT molecular complexity index is 802. The van der Waals surface area contributed by atoms with Crippen LogP contribution in [0.1, 0.15) is 28.4 Å². The number of benzene rings is 2. The molecule has 0 saturated carbocycles. The molecule has 27 heavy (non-hydrogen) atoms. The molecule has 0 aromatic heterocycles. The molecule has 2 aromatic carbocycles. The number of para-hydroxylation sites is 1. The predicted molar refractivity (Wildman–Crippen MR) is 101 cm³/mol. The normalized spacial score (nSPS) is 11.7. The topological polar surface area (TPSA) is 86.2 Å². The molecule has 142 valence electrons. The molecule has 1 amide bonds. The third kappa shape index (κ3) is 5.85. The fraction of sp³-hybridized carbons (Fsp3) is 0.250. The van der Waals surface area contributed by atoms with Gasteiger partial charge in [0.15, 0.2) is 0 Å². The number of rotatable bonds is 8. The van der Waals surface area contributed by atoms with E-state index in [4.69, 9.17) is 9.57 Å². The zero-order valence-corrected chi connectivity index (χ0v) is 15.5. The summed E-state index contributed by atoms with van der Waals surface area (Å²) >= 11 is 0. The van der Waals surface area contributed by atoms with Gasteiger partial charge in [-0.1, -0.05) is 35.5 Å². The number of carbonyl (C=O) groups excluding carboxylic acids is 2. The van der Waals surface area contributed by atoms with E-state index in [1.165, 1.54) is 13.3 Å². The van der Waals surface area contributed by atoms with Gasteiger partial charge in [0.1, 0.15) is 5.75 Å². The van der Waals surface area contributed by atoms with Crippen LogP contribution in [0.3, 0.4) is 0 Å². The Morgan fingerprint density at radius 1 is 1.11 bits per heavy atom. The van der Waals surface area contributed by atoms with Gasteiger partial charge in [-0.05, 0) is 30.7 Å². The summed E-state index contributed by atoms with van der Waals surface area (Å²) in [4.78, 5) is 28.7. The minimum atomic E-state index is -0.759. The number of oxime groups is 1. The summed E-state index contributed by atoms with van der Waals surface area (Å²) in [6, 6.07) is 14.1. The van der Waals surface area contributed by atoms with Gasteiger partial charge < -0.3 is 19.6 Å². The van der Waals surface area contributed by atoms with Crippen LogP contribution in [0.5, 0.6) is 5.75 Å². The number of methoxy groups -OCH3 is 2. The van der Waals surface area contributed by atoms with E-state index < -0.39 is 12.1 Å². The Hall–Kier alpha value is -3.35. The smallest absolute Gasteiger partial charge is 0.337 e. The quantitative estimate of drug-likeness (QED) is 0.438. The monoisotopic (exact) mass is 370 g/mol. The van der Waals surface area contributed by atoms with Gasteiger partial charge in [0.05, 0.1) is 26.0 Å². The fourth-order valence-corrected chi connectivity index (χ4v) is 2.23. The minimum absolute atomic E-state index is 0.293. The van der Waals surface area contributed by atoms with Gasteiger partial charge in [-0.3, -0.25) is 4.79 Å². The summed E-state index contributed by atoms with van der Waals surface area (Å²) in [5.74, 6) is 0.00830. The number of nitrogens with one attached hydrogen (secondary N) is 1. The highest BCUT2D eigenvalue weighted by Crippen LogP contribution is 2.16. The summed E-state index contributed by atoms with van der Waals surface area (Å²) < 4.78 is 9.88. The van der Waals surface area contributed by atoms with Gasteiger partial charge in [0.25, 0.3) is 5.91 Å². The molecule has 0 radical (unpaired) electrons. The highest BCUT2D eigenvalue weighted by Gasteiger charge is 2.14. The summed E-state index contributed by atoms with van der Waals surface area (Å²) in [5.41, 5.74) is 2.04. The highest BCUT2D eigenvalue weighted by molar-refractivity contribution is 5.90. The number of carbonyl (C=O) groups is 2. The molecule has 0 heterocycles. The van der Waals surface area contributed by atoms with Crippen molar-refractivity contribution in [3.05, 3.63) is 65.2 Å². The van der Waals surface area contributed by atoms with Crippen LogP contribution in [0.4, 0.5) is 0 Å². The first-order chi connectivity index (χ1) is 13.0. The van der Waals surface area contributed by atoms with Crippen LogP contribution in [0, 0.1) is 0 Å². The van der Waals surface area contributed by atoms with Gasteiger partial charge in [-0.15, -0.1) is 0 Å². The van der Waals surface area contributed by atoms with Gasteiger partial charge in [0.2, 0.25) is 6.10 Å². The molecule has 0 aliphatic heterocycles. The van der Waals surface area contributed by atoms with Gasteiger partial charge in [-0.25, -0.2) is 4.79 Å². The first-order valence-electron chi connectivity index (χ1n) is 8.32. The lowest BCUT2D eigenvalue weighted by atomic mass is 10.1. The molecule has 7 heteroatoms. The molecule has 0 fully saturated rings. The average Bonchev–Trinajstić information content (AvgIpc) is 2.71. The van der Waals surface area contributed by atoms with E-state index in [1.54, 1.807) is 38.3 Å². The van der Waals surface area contributed by atoms with E-state index in [0.717, 1.165) is 11.1 Å². The molecule has 7 nitrogen and oxygen atoms in total. The molecule has 0 bridgehead atoms.